The van der Waals surface area contributed by atoms with E-state index in [1.165, 1.54) is 4.31 Å². The van der Waals surface area contributed by atoms with Crippen molar-refractivity contribution >= 4 is 27.3 Å². The van der Waals surface area contributed by atoms with E-state index in [0.717, 1.165) is 16.7 Å². The van der Waals surface area contributed by atoms with Crippen LogP contribution in [0.3, 0.4) is 0 Å². The second-order valence-electron chi connectivity index (χ2n) is 5.79. The number of benzene rings is 3. The van der Waals surface area contributed by atoms with E-state index in [9.17, 15) is 8.42 Å². The zero-order valence-corrected chi connectivity index (χ0v) is 15.6. The summed E-state index contributed by atoms with van der Waals surface area (Å²) in [4.78, 5) is 0.260. The predicted octanol–water partition coefficient (Wildman–Crippen LogP) is 5.14. The molecule has 0 fully saturated rings. The lowest BCUT2D eigenvalue weighted by Crippen LogP contribution is -2.27. The van der Waals surface area contributed by atoms with Crippen molar-refractivity contribution in [3.05, 3.63) is 83.4 Å². The quantitative estimate of drug-likeness (QED) is 0.636. The average Bonchev–Trinajstić information content (AvgIpc) is 2.62. The third-order valence-electron chi connectivity index (χ3n) is 4.14. The maximum atomic E-state index is 12.9. The van der Waals surface area contributed by atoms with Gasteiger partial charge in [0, 0.05) is 12.1 Å². The van der Waals surface area contributed by atoms with Gasteiger partial charge in [-0.2, -0.15) is 0 Å². The number of hydrogen-bond donors (Lipinski definition) is 0. The first kappa shape index (κ1) is 17.5. The number of sulfonamides is 1. The minimum Gasteiger partial charge on any atom is -0.269 e. The van der Waals surface area contributed by atoms with E-state index in [0.29, 0.717) is 10.7 Å². The highest BCUT2D eigenvalue weighted by molar-refractivity contribution is 7.92. The Morgan fingerprint density at radius 2 is 1.32 bits per heavy atom. The van der Waals surface area contributed by atoms with Crippen LogP contribution in [-0.2, 0) is 10.0 Å². The molecule has 0 saturated heterocycles. The molecule has 0 bridgehead atoms. The van der Waals surface area contributed by atoms with E-state index in [1.54, 1.807) is 25.2 Å². The fourth-order valence-electron chi connectivity index (χ4n) is 2.67. The summed E-state index contributed by atoms with van der Waals surface area (Å²) in [6, 6.07) is 21.7. The van der Waals surface area contributed by atoms with Gasteiger partial charge in [-0.05, 0) is 53.9 Å². The van der Waals surface area contributed by atoms with Crippen molar-refractivity contribution in [2.45, 2.75) is 11.8 Å². The van der Waals surface area contributed by atoms with Crippen molar-refractivity contribution in [2.75, 3.05) is 11.4 Å². The fourth-order valence-corrected chi connectivity index (χ4v) is 4.05. The molecular weight excluding hydrogens is 354 g/mol. The van der Waals surface area contributed by atoms with Crippen LogP contribution in [0.5, 0.6) is 0 Å². The Balaban J connectivity index is 1.93. The minimum atomic E-state index is -3.61. The lowest BCUT2D eigenvalue weighted by Gasteiger charge is -2.21. The SMILES string of the molecule is Cc1ccccc1N(C)S(=O)(=O)c1ccc(-c2ccc(Cl)cc2)cc1. The number of halogens is 1. The van der Waals surface area contributed by atoms with Crippen molar-refractivity contribution in [1.82, 2.24) is 0 Å². The minimum absolute atomic E-state index is 0.260. The van der Waals surface area contributed by atoms with Crippen molar-refractivity contribution < 1.29 is 8.42 Å². The number of para-hydroxylation sites is 1. The summed E-state index contributed by atoms with van der Waals surface area (Å²) in [5, 5.41) is 0.669. The first-order valence-corrected chi connectivity index (χ1v) is 9.62. The summed E-state index contributed by atoms with van der Waals surface area (Å²) in [7, 11) is -2.03. The van der Waals surface area contributed by atoms with Gasteiger partial charge in [0.2, 0.25) is 0 Å². The third-order valence-corrected chi connectivity index (χ3v) is 6.18. The topological polar surface area (TPSA) is 37.4 Å². The highest BCUT2D eigenvalue weighted by Crippen LogP contribution is 2.27. The molecule has 3 aromatic carbocycles. The first-order chi connectivity index (χ1) is 11.9. The Hall–Kier alpha value is -2.30. The molecule has 3 aromatic rings. The Bertz CT molecular complexity index is 981. The van der Waals surface area contributed by atoms with Crippen LogP contribution in [-0.4, -0.2) is 15.5 Å². The molecule has 0 aliphatic rings. The number of rotatable bonds is 4. The first-order valence-electron chi connectivity index (χ1n) is 7.80. The summed E-state index contributed by atoms with van der Waals surface area (Å²) in [5.41, 5.74) is 3.51. The monoisotopic (exact) mass is 371 g/mol. The van der Waals surface area contributed by atoms with Crippen LogP contribution >= 0.6 is 11.6 Å². The molecule has 0 N–H and O–H groups in total. The predicted molar refractivity (Wildman–Crippen MR) is 104 cm³/mol. The molecule has 0 saturated carbocycles. The summed E-state index contributed by atoms with van der Waals surface area (Å²) in [5.74, 6) is 0. The maximum Gasteiger partial charge on any atom is 0.264 e. The van der Waals surface area contributed by atoms with Gasteiger partial charge in [-0.15, -0.1) is 0 Å². The lowest BCUT2D eigenvalue weighted by atomic mass is 10.1. The summed E-state index contributed by atoms with van der Waals surface area (Å²) in [6.45, 7) is 1.89. The normalized spacial score (nSPS) is 11.3. The van der Waals surface area contributed by atoms with Crippen LogP contribution in [0.1, 0.15) is 5.56 Å². The second-order valence-corrected chi connectivity index (χ2v) is 8.20. The zero-order valence-electron chi connectivity index (χ0n) is 14.0. The fraction of sp³-hybridized carbons (Fsp3) is 0.100. The second kappa shape index (κ2) is 6.90. The van der Waals surface area contributed by atoms with Gasteiger partial charge in [-0.1, -0.05) is 54.1 Å². The third kappa shape index (κ3) is 3.55. The van der Waals surface area contributed by atoms with Gasteiger partial charge in [-0.25, -0.2) is 8.42 Å². The molecule has 0 aromatic heterocycles. The number of aryl methyl sites for hydroxylation is 1. The van der Waals surface area contributed by atoms with Gasteiger partial charge in [0.05, 0.1) is 10.6 Å². The van der Waals surface area contributed by atoms with E-state index in [2.05, 4.69) is 0 Å². The average molecular weight is 372 g/mol. The van der Waals surface area contributed by atoms with E-state index < -0.39 is 10.0 Å². The maximum absolute atomic E-state index is 12.9. The number of anilines is 1. The molecule has 0 aliphatic heterocycles. The number of hydrogen-bond acceptors (Lipinski definition) is 2. The Kier molecular flexibility index (Phi) is 4.84. The molecular formula is C20H18ClNO2S. The van der Waals surface area contributed by atoms with E-state index in [1.807, 2.05) is 61.5 Å². The van der Waals surface area contributed by atoms with Crippen LogP contribution in [0.4, 0.5) is 5.69 Å². The highest BCUT2D eigenvalue weighted by atomic mass is 35.5. The Morgan fingerprint density at radius 1 is 0.800 bits per heavy atom. The summed E-state index contributed by atoms with van der Waals surface area (Å²) in [6.07, 6.45) is 0. The smallest absolute Gasteiger partial charge is 0.264 e. The Morgan fingerprint density at radius 3 is 1.88 bits per heavy atom. The van der Waals surface area contributed by atoms with Crippen LogP contribution in [0.2, 0.25) is 5.02 Å². The highest BCUT2D eigenvalue weighted by Gasteiger charge is 2.22. The molecule has 0 radical (unpaired) electrons. The van der Waals surface area contributed by atoms with Gasteiger partial charge in [0.25, 0.3) is 10.0 Å². The molecule has 5 heteroatoms. The van der Waals surface area contributed by atoms with Gasteiger partial charge < -0.3 is 0 Å². The van der Waals surface area contributed by atoms with E-state index >= 15 is 0 Å². The van der Waals surface area contributed by atoms with Crippen molar-refractivity contribution in [2.24, 2.45) is 0 Å². The van der Waals surface area contributed by atoms with Crippen molar-refractivity contribution in [3.63, 3.8) is 0 Å². The van der Waals surface area contributed by atoms with E-state index in [-0.39, 0.29) is 4.90 Å². The van der Waals surface area contributed by atoms with Gasteiger partial charge in [0.1, 0.15) is 0 Å². The van der Waals surface area contributed by atoms with Crippen LogP contribution < -0.4 is 4.31 Å². The molecule has 0 aliphatic carbocycles. The summed E-state index contributed by atoms with van der Waals surface area (Å²) >= 11 is 5.91. The molecule has 0 unspecified atom stereocenters. The largest absolute Gasteiger partial charge is 0.269 e. The molecule has 3 rings (SSSR count). The van der Waals surface area contributed by atoms with Gasteiger partial charge >= 0.3 is 0 Å². The molecule has 0 spiro atoms. The molecule has 0 amide bonds. The van der Waals surface area contributed by atoms with Crippen molar-refractivity contribution in [1.29, 1.82) is 0 Å². The Labute approximate surface area is 153 Å². The molecule has 3 nitrogen and oxygen atoms in total. The van der Waals surface area contributed by atoms with Crippen LogP contribution in [0.25, 0.3) is 11.1 Å². The number of nitrogens with zero attached hydrogens (tertiary/aromatic N) is 1. The molecule has 25 heavy (non-hydrogen) atoms. The van der Waals surface area contributed by atoms with Gasteiger partial charge in [-0.3, -0.25) is 4.31 Å². The standard InChI is InChI=1S/C20H18ClNO2S/c1-15-5-3-4-6-20(15)22(2)25(23,24)19-13-9-17(10-14-19)16-7-11-18(21)12-8-16/h3-14H,1-2H3. The van der Waals surface area contributed by atoms with Gasteiger partial charge in [0.15, 0.2) is 0 Å². The molecule has 0 heterocycles. The molecule has 128 valence electrons. The summed E-state index contributed by atoms with van der Waals surface area (Å²) < 4.78 is 27.1. The lowest BCUT2D eigenvalue weighted by molar-refractivity contribution is 0.594. The van der Waals surface area contributed by atoms with E-state index in [4.69, 9.17) is 11.6 Å². The zero-order chi connectivity index (χ0) is 18.0. The van der Waals surface area contributed by atoms with Crippen LogP contribution in [0, 0.1) is 6.92 Å². The van der Waals surface area contributed by atoms with Crippen LogP contribution in [0.15, 0.2) is 77.7 Å². The van der Waals surface area contributed by atoms with Crippen molar-refractivity contribution in [3.8, 4) is 11.1 Å². The molecule has 0 atom stereocenters.